The molecule has 0 atom stereocenters. The minimum Gasteiger partial charge on any atom is -0.337 e. The molecular formula is C19H20ClN3O. The number of carbonyl (C=O) groups excluding carboxylic acids is 1. The normalized spacial score (nSPS) is 11.0. The minimum absolute atomic E-state index is 0.133. The topological polar surface area (TPSA) is 46.9 Å². The van der Waals surface area contributed by atoms with Crippen LogP contribution in [0.15, 0.2) is 36.5 Å². The zero-order valence-electron chi connectivity index (χ0n) is 14.1. The van der Waals surface area contributed by atoms with Crippen LogP contribution in [-0.2, 0) is 13.0 Å². The summed E-state index contributed by atoms with van der Waals surface area (Å²) in [6.07, 6.45) is 2.55. The molecule has 3 aromatic rings. The summed E-state index contributed by atoms with van der Waals surface area (Å²) in [4.78, 5) is 16.8. The number of hydrogen-bond donors (Lipinski definition) is 1. The van der Waals surface area contributed by atoms with Gasteiger partial charge in [-0.1, -0.05) is 24.6 Å². The number of anilines is 1. The third kappa shape index (κ3) is 2.89. The number of nitrogens with zero attached hydrogens (tertiary/aromatic N) is 2. The molecule has 1 aromatic carbocycles. The van der Waals surface area contributed by atoms with Crippen LogP contribution in [0.5, 0.6) is 0 Å². The number of rotatable bonds is 4. The molecule has 3 rings (SSSR count). The first-order valence-electron chi connectivity index (χ1n) is 8.09. The Morgan fingerprint density at radius 1 is 1.25 bits per heavy atom. The van der Waals surface area contributed by atoms with Crippen LogP contribution >= 0.6 is 11.6 Å². The first-order valence-corrected chi connectivity index (χ1v) is 8.47. The van der Waals surface area contributed by atoms with Crippen LogP contribution in [0.2, 0.25) is 5.15 Å². The molecule has 0 saturated carbocycles. The number of fused-ring (bicyclic) bond motifs is 1. The van der Waals surface area contributed by atoms with Crippen LogP contribution in [0, 0.1) is 6.92 Å². The van der Waals surface area contributed by atoms with Crippen molar-refractivity contribution in [1.82, 2.24) is 9.55 Å². The predicted octanol–water partition coefficient (Wildman–Crippen LogP) is 4.83. The maximum atomic E-state index is 12.9. The fraction of sp³-hybridized carbons (Fsp3) is 0.263. The smallest absolute Gasteiger partial charge is 0.272 e. The summed E-state index contributed by atoms with van der Waals surface area (Å²) in [7, 11) is 0. The molecule has 0 spiro atoms. The first kappa shape index (κ1) is 16.5. The highest BCUT2D eigenvalue weighted by Gasteiger charge is 2.20. The van der Waals surface area contributed by atoms with Gasteiger partial charge in [0.15, 0.2) is 0 Å². The number of benzene rings is 1. The Morgan fingerprint density at radius 2 is 2.04 bits per heavy atom. The van der Waals surface area contributed by atoms with Crippen molar-refractivity contribution in [2.45, 2.75) is 33.7 Å². The summed E-state index contributed by atoms with van der Waals surface area (Å²) in [6.45, 7) is 6.92. The summed E-state index contributed by atoms with van der Waals surface area (Å²) in [5.74, 6) is -0.133. The Morgan fingerprint density at radius 3 is 2.71 bits per heavy atom. The fourth-order valence-corrected chi connectivity index (χ4v) is 3.26. The molecule has 0 aliphatic heterocycles. The molecule has 1 amide bonds. The molecule has 0 fully saturated rings. The number of carbonyl (C=O) groups is 1. The molecule has 0 aliphatic rings. The van der Waals surface area contributed by atoms with E-state index in [1.54, 1.807) is 18.3 Å². The minimum atomic E-state index is -0.133. The van der Waals surface area contributed by atoms with Gasteiger partial charge in [-0.25, -0.2) is 4.98 Å². The SMILES string of the molecule is CCc1ccc2c(c1)c(C)c(C(=O)Nc1ccnc(Cl)c1)n2CC. The number of hydrogen-bond acceptors (Lipinski definition) is 2. The number of pyridine rings is 1. The third-order valence-electron chi connectivity index (χ3n) is 4.30. The van der Waals surface area contributed by atoms with Crippen molar-refractivity contribution in [1.29, 1.82) is 0 Å². The van der Waals surface area contributed by atoms with Crippen molar-refractivity contribution in [3.8, 4) is 0 Å². The van der Waals surface area contributed by atoms with Crippen molar-refractivity contribution < 1.29 is 4.79 Å². The van der Waals surface area contributed by atoms with E-state index in [0.29, 0.717) is 16.5 Å². The molecule has 0 bridgehead atoms. The Balaban J connectivity index is 2.07. The van der Waals surface area contributed by atoms with Gasteiger partial charge in [0, 0.05) is 29.3 Å². The lowest BCUT2D eigenvalue weighted by atomic mass is 10.1. The van der Waals surface area contributed by atoms with Gasteiger partial charge in [-0.15, -0.1) is 0 Å². The van der Waals surface area contributed by atoms with Gasteiger partial charge in [0.25, 0.3) is 5.91 Å². The van der Waals surface area contributed by atoms with Crippen LogP contribution in [-0.4, -0.2) is 15.5 Å². The van der Waals surface area contributed by atoms with Crippen LogP contribution in [0.4, 0.5) is 5.69 Å². The zero-order valence-corrected chi connectivity index (χ0v) is 14.8. The molecule has 2 aromatic heterocycles. The molecule has 0 aliphatic carbocycles. The van der Waals surface area contributed by atoms with E-state index < -0.39 is 0 Å². The van der Waals surface area contributed by atoms with E-state index in [4.69, 9.17) is 11.6 Å². The predicted molar refractivity (Wildman–Crippen MR) is 98.9 cm³/mol. The molecule has 0 saturated heterocycles. The van der Waals surface area contributed by atoms with Crippen molar-refractivity contribution in [3.63, 3.8) is 0 Å². The van der Waals surface area contributed by atoms with Crippen molar-refractivity contribution in [2.75, 3.05) is 5.32 Å². The Kier molecular flexibility index (Phi) is 4.58. The summed E-state index contributed by atoms with van der Waals surface area (Å²) >= 11 is 5.89. The highest BCUT2D eigenvalue weighted by Crippen LogP contribution is 2.28. The lowest BCUT2D eigenvalue weighted by Gasteiger charge is -2.10. The van der Waals surface area contributed by atoms with Gasteiger partial charge in [0.2, 0.25) is 0 Å². The standard InChI is InChI=1S/C19H20ClN3O/c1-4-13-6-7-16-15(10-13)12(3)18(23(16)5-2)19(24)22-14-8-9-21-17(20)11-14/h6-11H,4-5H2,1-3H3,(H,21,22,24). The molecular weight excluding hydrogens is 322 g/mol. The van der Waals surface area contributed by atoms with Crippen LogP contribution in [0.1, 0.15) is 35.5 Å². The number of aryl methyl sites for hydroxylation is 3. The number of nitrogens with one attached hydrogen (secondary N) is 1. The van der Waals surface area contributed by atoms with Gasteiger partial charge in [-0.05, 0) is 55.7 Å². The largest absolute Gasteiger partial charge is 0.337 e. The monoisotopic (exact) mass is 341 g/mol. The van der Waals surface area contributed by atoms with Gasteiger partial charge in [0.05, 0.1) is 0 Å². The van der Waals surface area contributed by atoms with E-state index in [1.165, 1.54) is 5.56 Å². The second kappa shape index (κ2) is 6.65. The van der Waals surface area contributed by atoms with E-state index in [-0.39, 0.29) is 5.91 Å². The Bertz CT molecular complexity index is 914. The van der Waals surface area contributed by atoms with Gasteiger partial charge in [-0.2, -0.15) is 0 Å². The van der Waals surface area contributed by atoms with Crippen LogP contribution < -0.4 is 5.32 Å². The van der Waals surface area contributed by atoms with Crippen LogP contribution in [0.25, 0.3) is 10.9 Å². The summed E-state index contributed by atoms with van der Waals surface area (Å²) in [5.41, 5.74) is 4.69. The fourth-order valence-electron chi connectivity index (χ4n) is 3.08. The van der Waals surface area contributed by atoms with Crippen molar-refractivity contribution in [2.24, 2.45) is 0 Å². The molecule has 0 unspecified atom stereocenters. The lowest BCUT2D eigenvalue weighted by Crippen LogP contribution is -2.17. The number of halogens is 1. The molecule has 5 heteroatoms. The third-order valence-corrected chi connectivity index (χ3v) is 4.51. The maximum Gasteiger partial charge on any atom is 0.272 e. The number of aromatic nitrogens is 2. The highest BCUT2D eigenvalue weighted by molar-refractivity contribution is 6.29. The average molecular weight is 342 g/mol. The van der Waals surface area contributed by atoms with Gasteiger partial charge >= 0.3 is 0 Å². The first-order chi connectivity index (χ1) is 11.5. The molecule has 124 valence electrons. The Labute approximate surface area is 146 Å². The summed E-state index contributed by atoms with van der Waals surface area (Å²) in [6, 6.07) is 9.77. The van der Waals surface area contributed by atoms with Crippen molar-refractivity contribution in [3.05, 3.63) is 58.5 Å². The van der Waals surface area contributed by atoms with Crippen LogP contribution in [0.3, 0.4) is 0 Å². The van der Waals surface area contributed by atoms with Gasteiger partial charge in [-0.3, -0.25) is 4.79 Å². The molecule has 1 N–H and O–H groups in total. The summed E-state index contributed by atoms with van der Waals surface area (Å²) < 4.78 is 2.06. The van der Waals surface area contributed by atoms with Gasteiger partial charge in [0.1, 0.15) is 10.8 Å². The molecule has 4 nitrogen and oxygen atoms in total. The average Bonchev–Trinajstić information content (AvgIpc) is 2.86. The second-order valence-electron chi connectivity index (χ2n) is 5.74. The lowest BCUT2D eigenvalue weighted by molar-refractivity contribution is 0.101. The molecule has 2 heterocycles. The quantitative estimate of drug-likeness (QED) is 0.691. The zero-order chi connectivity index (χ0) is 17.3. The van der Waals surface area contributed by atoms with Gasteiger partial charge < -0.3 is 9.88 Å². The molecule has 0 radical (unpaired) electrons. The molecule has 24 heavy (non-hydrogen) atoms. The second-order valence-corrected chi connectivity index (χ2v) is 6.13. The van der Waals surface area contributed by atoms with Crippen molar-refractivity contribution >= 4 is 34.1 Å². The van der Waals surface area contributed by atoms with E-state index in [1.807, 2.05) is 13.8 Å². The van der Waals surface area contributed by atoms with E-state index in [9.17, 15) is 4.79 Å². The van der Waals surface area contributed by atoms with E-state index in [2.05, 4.69) is 40.0 Å². The van der Waals surface area contributed by atoms with E-state index >= 15 is 0 Å². The summed E-state index contributed by atoms with van der Waals surface area (Å²) in [5, 5.41) is 4.41. The number of amides is 1. The maximum absolute atomic E-state index is 12.9. The Hall–Kier alpha value is -2.33. The highest BCUT2D eigenvalue weighted by atomic mass is 35.5. The van der Waals surface area contributed by atoms with E-state index in [0.717, 1.165) is 29.4 Å².